The summed E-state index contributed by atoms with van der Waals surface area (Å²) in [6.07, 6.45) is 1.51. The van der Waals surface area contributed by atoms with Crippen LogP contribution in [0.2, 0.25) is 0 Å². The number of hydrogen-bond acceptors (Lipinski definition) is 6. The fourth-order valence-corrected chi connectivity index (χ4v) is 4.91. The number of carbonyl (C=O) groups excluding carboxylic acids is 1. The third kappa shape index (κ3) is 4.04. The molecule has 0 aliphatic rings. The number of nitrogens with one attached hydrogen (secondary N) is 2. The normalized spacial score (nSPS) is 11.5. The molecule has 29 heavy (non-hydrogen) atoms. The van der Waals surface area contributed by atoms with Gasteiger partial charge in [-0.3, -0.25) is 9.52 Å². The molecule has 2 N–H and O–H groups in total. The molecule has 0 bridgehead atoms. The topological polar surface area (TPSA) is 101 Å². The van der Waals surface area contributed by atoms with E-state index in [4.69, 9.17) is 4.42 Å². The van der Waals surface area contributed by atoms with Crippen molar-refractivity contribution in [1.82, 2.24) is 4.98 Å². The van der Waals surface area contributed by atoms with E-state index in [2.05, 4.69) is 31.0 Å². The van der Waals surface area contributed by atoms with Crippen LogP contribution in [0.3, 0.4) is 0 Å². The monoisotopic (exact) mass is 491 g/mol. The molecule has 0 aliphatic heterocycles. The molecule has 1 amide bonds. The number of benzene rings is 2. The lowest BCUT2D eigenvalue weighted by Gasteiger charge is -2.07. The van der Waals surface area contributed by atoms with Gasteiger partial charge < -0.3 is 9.73 Å². The first-order chi connectivity index (χ1) is 13.8. The molecule has 7 nitrogen and oxygen atoms in total. The van der Waals surface area contributed by atoms with Crippen LogP contribution in [0.5, 0.6) is 0 Å². The average Bonchev–Trinajstić information content (AvgIpc) is 3.30. The molecule has 10 heteroatoms. The van der Waals surface area contributed by atoms with E-state index in [0.717, 1.165) is 15.4 Å². The summed E-state index contributed by atoms with van der Waals surface area (Å²) in [6.45, 7) is 1.81. The highest BCUT2D eigenvalue weighted by Crippen LogP contribution is 2.29. The van der Waals surface area contributed by atoms with Crippen molar-refractivity contribution in [2.75, 3.05) is 10.0 Å². The number of carbonyl (C=O) groups is 1. The van der Waals surface area contributed by atoms with Crippen LogP contribution in [0, 0.1) is 6.92 Å². The Bertz CT molecular complexity index is 1300. The minimum absolute atomic E-state index is 0.0652. The van der Waals surface area contributed by atoms with Gasteiger partial charge >= 0.3 is 0 Å². The van der Waals surface area contributed by atoms with Crippen LogP contribution < -0.4 is 10.0 Å². The minimum atomic E-state index is -3.75. The predicted octanol–water partition coefficient (Wildman–Crippen LogP) is 5.01. The number of furan rings is 1. The maximum atomic E-state index is 12.6. The number of rotatable bonds is 5. The smallest absolute Gasteiger partial charge is 0.291 e. The number of thiazole rings is 1. The molecule has 0 saturated carbocycles. The lowest BCUT2D eigenvalue weighted by atomic mass is 10.1. The van der Waals surface area contributed by atoms with Crippen molar-refractivity contribution in [2.45, 2.75) is 11.8 Å². The van der Waals surface area contributed by atoms with Crippen LogP contribution in [-0.4, -0.2) is 19.3 Å². The van der Waals surface area contributed by atoms with E-state index in [1.54, 1.807) is 11.4 Å². The van der Waals surface area contributed by atoms with Crippen LogP contribution in [0.15, 0.2) is 67.8 Å². The Hall–Kier alpha value is -2.69. The highest BCUT2D eigenvalue weighted by molar-refractivity contribution is 9.10. The van der Waals surface area contributed by atoms with Crippen molar-refractivity contribution in [3.8, 4) is 0 Å². The lowest BCUT2D eigenvalue weighted by Crippen LogP contribution is -2.14. The van der Waals surface area contributed by atoms with Gasteiger partial charge in [0.2, 0.25) is 0 Å². The van der Waals surface area contributed by atoms with Crippen molar-refractivity contribution in [2.24, 2.45) is 0 Å². The third-order valence-electron chi connectivity index (χ3n) is 4.18. The van der Waals surface area contributed by atoms with Crippen molar-refractivity contribution in [3.63, 3.8) is 0 Å². The SMILES string of the molecule is Cc1c(C(=O)Nc2ccc(S(=O)(=O)Nc3nccs3)cc2)oc2ccc(Br)cc12. The van der Waals surface area contributed by atoms with Crippen molar-refractivity contribution < 1.29 is 17.6 Å². The average molecular weight is 492 g/mol. The molecule has 2 aromatic heterocycles. The van der Waals surface area contributed by atoms with Gasteiger partial charge in [0.1, 0.15) is 5.58 Å². The summed E-state index contributed by atoms with van der Waals surface area (Å²) in [6, 6.07) is 11.4. The zero-order chi connectivity index (χ0) is 20.6. The third-order valence-corrected chi connectivity index (χ3v) is 6.85. The van der Waals surface area contributed by atoms with Gasteiger partial charge in [-0.25, -0.2) is 13.4 Å². The van der Waals surface area contributed by atoms with Gasteiger partial charge in [-0.2, -0.15) is 0 Å². The Morgan fingerprint density at radius 1 is 1.17 bits per heavy atom. The quantitative estimate of drug-likeness (QED) is 0.408. The number of hydrogen-bond donors (Lipinski definition) is 2. The highest BCUT2D eigenvalue weighted by Gasteiger charge is 2.19. The minimum Gasteiger partial charge on any atom is -0.451 e. The molecule has 0 saturated heterocycles. The van der Waals surface area contributed by atoms with Crippen LogP contribution >= 0.6 is 27.3 Å². The molecule has 4 aromatic rings. The number of aromatic nitrogens is 1. The molecule has 0 radical (unpaired) electrons. The van der Waals surface area contributed by atoms with Gasteiger partial charge in [0.05, 0.1) is 4.90 Å². The molecule has 0 unspecified atom stereocenters. The zero-order valence-corrected chi connectivity index (χ0v) is 18.2. The van der Waals surface area contributed by atoms with E-state index in [1.165, 1.54) is 41.8 Å². The lowest BCUT2D eigenvalue weighted by molar-refractivity contribution is 0.0998. The highest BCUT2D eigenvalue weighted by atomic mass is 79.9. The summed E-state index contributed by atoms with van der Waals surface area (Å²) in [4.78, 5) is 16.6. The number of sulfonamides is 1. The molecule has 2 heterocycles. The van der Waals surface area contributed by atoms with E-state index < -0.39 is 15.9 Å². The fourth-order valence-electron chi connectivity index (χ4n) is 2.76. The van der Waals surface area contributed by atoms with Crippen molar-refractivity contribution in [3.05, 3.63) is 69.8 Å². The van der Waals surface area contributed by atoms with Crippen LogP contribution in [0.25, 0.3) is 11.0 Å². The van der Waals surface area contributed by atoms with E-state index in [0.29, 0.717) is 11.3 Å². The molecular formula is C19H14BrN3O4S2. The first-order valence-electron chi connectivity index (χ1n) is 8.36. The molecule has 148 valence electrons. The van der Waals surface area contributed by atoms with E-state index in [-0.39, 0.29) is 15.8 Å². The Labute approximate surface area is 179 Å². The Balaban J connectivity index is 1.53. The van der Waals surface area contributed by atoms with Crippen LogP contribution in [0.4, 0.5) is 10.8 Å². The van der Waals surface area contributed by atoms with Gasteiger partial charge in [0.15, 0.2) is 10.9 Å². The molecule has 0 spiro atoms. The summed E-state index contributed by atoms with van der Waals surface area (Å²) < 4.78 is 33.7. The fraction of sp³-hybridized carbons (Fsp3) is 0.0526. The first-order valence-corrected chi connectivity index (χ1v) is 11.5. The van der Waals surface area contributed by atoms with Gasteiger partial charge in [0, 0.05) is 32.7 Å². The maximum Gasteiger partial charge on any atom is 0.291 e. The van der Waals surface area contributed by atoms with Crippen LogP contribution in [0.1, 0.15) is 16.1 Å². The predicted molar refractivity (Wildman–Crippen MR) is 116 cm³/mol. The number of anilines is 2. The summed E-state index contributed by atoms with van der Waals surface area (Å²) in [5, 5.41) is 5.54. The maximum absolute atomic E-state index is 12.6. The van der Waals surface area contributed by atoms with Crippen molar-refractivity contribution in [1.29, 1.82) is 0 Å². The number of aryl methyl sites for hydroxylation is 1. The molecule has 0 aliphatic carbocycles. The zero-order valence-electron chi connectivity index (χ0n) is 15.0. The van der Waals surface area contributed by atoms with E-state index in [9.17, 15) is 13.2 Å². The van der Waals surface area contributed by atoms with Gasteiger partial charge in [-0.1, -0.05) is 15.9 Å². The molecule has 0 fully saturated rings. The number of fused-ring (bicyclic) bond motifs is 1. The Morgan fingerprint density at radius 3 is 2.62 bits per heavy atom. The Morgan fingerprint density at radius 2 is 1.93 bits per heavy atom. The van der Waals surface area contributed by atoms with E-state index >= 15 is 0 Å². The molecular weight excluding hydrogens is 478 g/mol. The van der Waals surface area contributed by atoms with Gasteiger partial charge in [-0.15, -0.1) is 11.3 Å². The second-order valence-electron chi connectivity index (χ2n) is 6.12. The molecule has 4 rings (SSSR count). The summed E-state index contributed by atoms with van der Waals surface area (Å²) in [5.41, 5.74) is 1.79. The van der Waals surface area contributed by atoms with Gasteiger partial charge in [-0.05, 0) is 49.4 Å². The summed E-state index contributed by atoms with van der Waals surface area (Å²) >= 11 is 4.59. The standard InChI is InChI=1S/C19H14BrN3O4S2/c1-11-15-10-12(20)2-7-16(15)27-17(11)18(24)22-13-3-5-14(6-4-13)29(25,26)23-19-21-8-9-28-19/h2-10H,1H3,(H,21,23)(H,22,24). The van der Waals surface area contributed by atoms with E-state index in [1.807, 2.05) is 19.1 Å². The van der Waals surface area contributed by atoms with Crippen LogP contribution in [-0.2, 0) is 10.0 Å². The second-order valence-corrected chi connectivity index (χ2v) is 9.61. The van der Waals surface area contributed by atoms with Gasteiger partial charge in [0.25, 0.3) is 15.9 Å². The number of nitrogens with zero attached hydrogens (tertiary/aromatic N) is 1. The summed E-state index contributed by atoms with van der Waals surface area (Å²) in [5.74, 6) is -0.202. The molecule has 2 aromatic carbocycles. The number of amides is 1. The second kappa shape index (κ2) is 7.62. The summed E-state index contributed by atoms with van der Waals surface area (Å²) in [7, 11) is -3.75. The van der Waals surface area contributed by atoms with Crippen molar-refractivity contribution >= 4 is 65.0 Å². The Kier molecular flexibility index (Phi) is 5.15. The number of halogens is 1. The molecule has 0 atom stereocenters. The largest absolute Gasteiger partial charge is 0.451 e. The first kappa shape index (κ1) is 19.6.